The van der Waals surface area contributed by atoms with Crippen molar-refractivity contribution in [2.24, 2.45) is 0 Å². The van der Waals surface area contributed by atoms with Gasteiger partial charge in [-0.25, -0.2) is 4.79 Å². The van der Waals surface area contributed by atoms with Crippen molar-refractivity contribution in [2.45, 2.75) is 20.8 Å². The van der Waals surface area contributed by atoms with Gasteiger partial charge in [0.1, 0.15) is 0 Å². The Bertz CT molecular complexity index is 947. The molecule has 3 rings (SSSR count). The molecule has 0 aliphatic carbocycles. The largest absolute Gasteiger partial charge is 0.465 e. The first-order chi connectivity index (χ1) is 13.0. The first-order valence-corrected chi connectivity index (χ1v) is 8.46. The predicted molar refractivity (Wildman–Crippen MR) is 105 cm³/mol. The summed E-state index contributed by atoms with van der Waals surface area (Å²) in [4.78, 5) is 15.9. The second kappa shape index (κ2) is 7.82. The van der Waals surface area contributed by atoms with Gasteiger partial charge < -0.3 is 15.4 Å². The van der Waals surface area contributed by atoms with Crippen molar-refractivity contribution in [2.75, 3.05) is 17.7 Å². The minimum Gasteiger partial charge on any atom is -0.465 e. The molecule has 0 bridgehead atoms. The van der Waals surface area contributed by atoms with Crippen LogP contribution < -0.4 is 10.6 Å². The number of hydrogen-bond acceptors (Lipinski definition) is 7. The Kier molecular flexibility index (Phi) is 5.30. The molecule has 0 aliphatic heterocycles. The van der Waals surface area contributed by atoms with E-state index in [1.807, 2.05) is 0 Å². The van der Waals surface area contributed by atoms with E-state index in [9.17, 15) is 4.79 Å². The normalized spacial score (nSPS) is 10.4. The van der Waals surface area contributed by atoms with Gasteiger partial charge in [-0.05, 0) is 56.2 Å². The summed E-state index contributed by atoms with van der Waals surface area (Å²) in [7, 11) is 1.35. The second-order valence-corrected chi connectivity index (χ2v) is 6.26. The van der Waals surface area contributed by atoms with Crippen LogP contribution in [0.2, 0.25) is 0 Å². The van der Waals surface area contributed by atoms with Crippen molar-refractivity contribution in [1.29, 1.82) is 0 Å². The van der Waals surface area contributed by atoms with Crippen molar-refractivity contribution in [3.63, 3.8) is 0 Å². The maximum atomic E-state index is 11.5. The summed E-state index contributed by atoms with van der Waals surface area (Å²) in [6, 6.07) is 11.1. The molecule has 0 amide bonds. The number of esters is 1. The third kappa shape index (κ3) is 4.38. The van der Waals surface area contributed by atoms with Crippen molar-refractivity contribution in [3.05, 3.63) is 64.8 Å². The molecule has 1 aromatic heterocycles. The molecule has 3 aromatic rings. The molecule has 0 saturated heterocycles. The highest BCUT2D eigenvalue weighted by Crippen LogP contribution is 2.25. The van der Waals surface area contributed by atoms with Crippen LogP contribution in [-0.2, 0) is 4.74 Å². The molecule has 7 heteroatoms. The van der Waals surface area contributed by atoms with Crippen LogP contribution in [0, 0.1) is 20.8 Å². The Hall–Kier alpha value is -3.48. The molecule has 0 aliphatic rings. The third-order valence-electron chi connectivity index (χ3n) is 4.05. The van der Waals surface area contributed by atoms with E-state index in [4.69, 9.17) is 4.74 Å². The first-order valence-electron chi connectivity index (χ1n) is 8.46. The zero-order valence-electron chi connectivity index (χ0n) is 15.7. The lowest BCUT2D eigenvalue weighted by Gasteiger charge is -2.13. The van der Waals surface area contributed by atoms with Gasteiger partial charge in [-0.15, -0.1) is 5.10 Å². The molecule has 0 unspecified atom stereocenters. The number of benzene rings is 2. The van der Waals surface area contributed by atoms with Crippen LogP contribution >= 0.6 is 0 Å². The van der Waals surface area contributed by atoms with Gasteiger partial charge in [0.2, 0.25) is 5.95 Å². The van der Waals surface area contributed by atoms with Crippen LogP contribution in [0.4, 0.5) is 23.1 Å². The fourth-order valence-corrected chi connectivity index (χ4v) is 2.86. The summed E-state index contributed by atoms with van der Waals surface area (Å²) in [5.41, 5.74) is 5.72. The maximum absolute atomic E-state index is 11.5. The molecule has 2 N–H and O–H groups in total. The molecule has 2 aromatic carbocycles. The fraction of sp³-hybridized carbons (Fsp3) is 0.200. The van der Waals surface area contributed by atoms with Crippen LogP contribution in [0.25, 0.3) is 0 Å². The number of aromatic nitrogens is 3. The second-order valence-electron chi connectivity index (χ2n) is 6.26. The summed E-state index contributed by atoms with van der Waals surface area (Å²) >= 11 is 0. The van der Waals surface area contributed by atoms with E-state index < -0.39 is 0 Å². The number of hydrogen-bond donors (Lipinski definition) is 2. The Balaban J connectivity index is 1.77. The van der Waals surface area contributed by atoms with Crippen LogP contribution in [0.3, 0.4) is 0 Å². The van der Waals surface area contributed by atoms with Gasteiger partial charge in [0.15, 0.2) is 5.82 Å². The smallest absolute Gasteiger partial charge is 0.337 e. The molecule has 0 fully saturated rings. The maximum Gasteiger partial charge on any atom is 0.337 e. The summed E-state index contributed by atoms with van der Waals surface area (Å²) in [5, 5.41) is 14.4. The molecular weight excluding hydrogens is 342 g/mol. The van der Waals surface area contributed by atoms with Gasteiger partial charge >= 0.3 is 5.97 Å². The van der Waals surface area contributed by atoms with E-state index in [0.29, 0.717) is 17.3 Å². The highest BCUT2D eigenvalue weighted by atomic mass is 16.5. The number of ether oxygens (including phenoxy) is 1. The fourth-order valence-electron chi connectivity index (χ4n) is 2.86. The lowest BCUT2D eigenvalue weighted by atomic mass is 10.1. The van der Waals surface area contributed by atoms with Gasteiger partial charge in [-0.2, -0.15) is 10.1 Å². The molecule has 0 spiro atoms. The monoisotopic (exact) mass is 363 g/mol. The molecule has 0 atom stereocenters. The van der Waals surface area contributed by atoms with E-state index in [2.05, 4.69) is 58.7 Å². The number of rotatable bonds is 5. The summed E-state index contributed by atoms with van der Waals surface area (Å²) < 4.78 is 4.69. The predicted octanol–water partition coefficient (Wildman–Crippen LogP) is 4.07. The SMILES string of the molecule is COC(=O)c1ccc(Nc2nncc(Nc3c(C)cc(C)cc3C)n2)cc1. The van der Waals surface area contributed by atoms with Crippen LogP contribution in [0.5, 0.6) is 0 Å². The minimum atomic E-state index is -0.380. The van der Waals surface area contributed by atoms with Gasteiger partial charge in [-0.3, -0.25) is 0 Å². The van der Waals surface area contributed by atoms with Crippen molar-refractivity contribution in [3.8, 4) is 0 Å². The van der Waals surface area contributed by atoms with E-state index in [0.717, 1.165) is 22.5 Å². The number of nitrogens with zero attached hydrogens (tertiary/aromatic N) is 3. The number of carbonyl (C=O) groups excluding carboxylic acids is 1. The molecule has 0 radical (unpaired) electrons. The van der Waals surface area contributed by atoms with Gasteiger partial charge in [0, 0.05) is 11.4 Å². The summed E-state index contributed by atoms with van der Waals surface area (Å²) in [5.74, 6) is 0.566. The molecule has 7 nitrogen and oxygen atoms in total. The number of aryl methyl sites for hydroxylation is 3. The quantitative estimate of drug-likeness (QED) is 0.660. The van der Waals surface area contributed by atoms with Crippen LogP contribution in [0.15, 0.2) is 42.6 Å². The Morgan fingerprint density at radius 1 is 1.00 bits per heavy atom. The molecule has 0 saturated carbocycles. The van der Waals surface area contributed by atoms with Crippen molar-refractivity contribution in [1.82, 2.24) is 15.2 Å². The first kappa shape index (κ1) is 18.3. The standard InChI is InChI=1S/C20H21N5O2/c1-12-9-13(2)18(14(3)10-12)23-17-11-21-25-20(24-17)22-16-7-5-15(6-8-16)19(26)27-4/h5-11H,1-4H3,(H2,22,23,24,25). The number of carbonyl (C=O) groups is 1. The van der Waals surface area contributed by atoms with Crippen LogP contribution in [-0.4, -0.2) is 28.3 Å². The lowest BCUT2D eigenvalue weighted by molar-refractivity contribution is 0.0601. The van der Waals surface area contributed by atoms with Gasteiger partial charge in [0.05, 0.1) is 18.9 Å². The Labute approximate surface area is 157 Å². The van der Waals surface area contributed by atoms with E-state index in [-0.39, 0.29) is 5.97 Å². The minimum absolute atomic E-state index is 0.355. The number of methoxy groups -OCH3 is 1. The number of anilines is 4. The topological polar surface area (TPSA) is 89.0 Å². The summed E-state index contributed by atoms with van der Waals surface area (Å²) in [6.07, 6.45) is 1.57. The lowest BCUT2D eigenvalue weighted by Crippen LogP contribution is -2.05. The Morgan fingerprint density at radius 3 is 2.30 bits per heavy atom. The van der Waals surface area contributed by atoms with E-state index >= 15 is 0 Å². The molecule has 1 heterocycles. The average Bonchev–Trinajstić information content (AvgIpc) is 2.65. The van der Waals surface area contributed by atoms with Crippen molar-refractivity contribution >= 4 is 29.1 Å². The Morgan fingerprint density at radius 2 is 1.67 bits per heavy atom. The van der Waals surface area contributed by atoms with Crippen LogP contribution in [0.1, 0.15) is 27.0 Å². The average molecular weight is 363 g/mol. The molecule has 27 heavy (non-hydrogen) atoms. The van der Waals surface area contributed by atoms with Gasteiger partial charge in [0.25, 0.3) is 0 Å². The molecule has 138 valence electrons. The van der Waals surface area contributed by atoms with E-state index in [1.54, 1.807) is 30.5 Å². The molecular formula is C20H21N5O2. The third-order valence-corrected chi connectivity index (χ3v) is 4.05. The number of nitrogens with one attached hydrogen (secondary N) is 2. The summed E-state index contributed by atoms with van der Waals surface area (Å²) in [6.45, 7) is 6.18. The highest BCUT2D eigenvalue weighted by Gasteiger charge is 2.08. The zero-order valence-corrected chi connectivity index (χ0v) is 15.7. The highest BCUT2D eigenvalue weighted by molar-refractivity contribution is 5.89. The van der Waals surface area contributed by atoms with Crippen molar-refractivity contribution < 1.29 is 9.53 Å². The van der Waals surface area contributed by atoms with Gasteiger partial charge in [-0.1, -0.05) is 17.7 Å². The van der Waals surface area contributed by atoms with E-state index in [1.165, 1.54) is 12.7 Å². The zero-order chi connectivity index (χ0) is 19.4.